The molecule has 0 aliphatic rings. The molecule has 74 valence electrons. The minimum Gasteiger partial charge on any atom is -0.341 e. The van der Waals surface area contributed by atoms with Crippen LogP contribution in [0.25, 0.3) is 11.0 Å². The quantitative estimate of drug-likeness (QED) is 0.775. The minimum atomic E-state index is 0.810. The molecule has 2 rings (SSSR count). The summed E-state index contributed by atoms with van der Waals surface area (Å²) in [7, 11) is 0. The topological polar surface area (TPSA) is 40.7 Å². The highest BCUT2D eigenvalue weighted by molar-refractivity contribution is 5.75. The maximum absolute atomic E-state index is 4.47. The first kappa shape index (κ1) is 9.21. The van der Waals surface area contributed by atoms with E-state index in [2.05, 4.69) is 47.3 Å². The highest BCUT2D eigenvalue weighted by atomic mass is 15.0. The number of fused-ring (bicyclic) bond motifs is 1. The molecule has 0 bridgehead atoms. The summed E-state index contributed by atoms with van der Waals surface area (Å²) in [5.41, 5.74) is 3.43. The smallest absolute Gasteiger partial charge is 0.121 e. The van der Waals surface area contributed by atoms with E-state index < -0.39 is 0 Å². The molecule has 1 heterocycles. The number of hydrogen-bond acceptors (Lipinski definition) is 2. The summed E-state index contributed by atoms with van der Waals surface area (Å²) in [6, 6.07) is 6.26. The van der Waals surface area contributed by atoms with Gasteiger partial charge in [0.1, 0.15) is 5.82 Å². The zero-order valence-electron chi connectivity index (χ0n) is 8.59. The van der Waals surface area contributed by atoms with Crippen LogP contribution in [0.1, 0.15) is 18.3 Å². The van der Waals surface area contributed by atoms with Crippen molar-refractivity contribution in [1.82, 2.24) is 15.3 Å². The van der Waals surface area contributed by atoms with Crippen molar-refractivity contribution in [2.45, 2.75) is 20.4 Å². The lowest BCUT2D eigenvalue weighted by molar-refractivity contribution is 0.700. The van der Waals surface area contributed by atoms with Gasteiger partial charge in [-0.05, 0) is 31.2 Å². The third-order valence-corrected chi connectivity index (χ3v) is 2.23. The second-order valence-corrected chi connectivity index (χ2v) is 3.48. The van der Waals surface area contributed by atoms with E-state index in [1.165, 1.54) is 5.56 Å². The van der Waals surface area contributed by atoms with E-state index in [0.717, 1.165) is 29.9 Å². The highest BCUT2D eigenvalue weighted by Crippen LogP contribution is 2.12. The SMILES string of the molecule is CCNCc1nc2ccc(C)cc2[nH]1. The van der Waals surface area contributed by atoms with Crippen LogP contribution in [0.3, 0.4) is 0 Å². The Bertz CT molecular complexity index is 431. The number of aryl methyl sites for hydroxylation is 1. The van der Waals surface area contributed by atoms with Gasteiger partial charge < -0.3 is 10.3 Å². The van der Waals surface area contributed by atoms with Gasteiger partial charge in [0.2, 0.25) is 0 Å². The van der Waals surface area contributed by atoms with Crippen LogP contribution in [0, 0.1) is 6.92 Å². The number of nitrogens with one attached hydrogen (secondary N) is 2. The lowest BCUT2D eigenvalue weighted by Crippen LogP contribution is -2.12. The Hall–Kier alpha value is -1.35. The van der Waals surface area contributed by atoms with Crippen LogP contribution in [-0.4, -0.2) is 16.5 Å². The Morgan fingerprint density at radius 3 is 3.07 bits per heavy atom. The standard InChI is InChI=1S/C11H15N3/c1-3-12-7-11-13-9-5-4-8(2)6-10(9)14-11/h4-6,12H,3,7H2,1-2H3,(H,13,14). The van der Waals surface area contributed by atoms with Crippen molar-refractivity contribution in [3.05, 3.63) is 29.6 Å². The fraction of sp³-hybridized carbons (Fsp3) is 0.364. The predicted octanol–water partition coefficient (Wildman–Crippen LogP) is 1.98. The zero-order valence-corrected chi connectivity index (χ0v) is 8.59. The Labute approximate surface area is 83.6 Å². The first-order valence-corrected chi connectivity index (χ1v) is 4.95. The van der Waals surface area contributed by atoms with Crippen LogP contribution in [0.4, 0.5) is 0 Å². The van der Waals surface area contributed by atoms with E-state index in [0.29, 0.717) is 0 Å². The van der Waals surface area contributed by atoms with Crippen LogP contribution in [0.5, 0.6) is 0 Å². The number of imidazole rings is 1. The van der Waals surface area contributed by atoms with Crippen LogP contribution in [0.15, 0.2) is 18.2 Å². The summed E-state index contributed by atoms with van der Waals surface area (Å²) in [4.78, 5) is 7.77. The summed E-state index contributed by atoms with van der Waals surface area (Å²) in [6.45, 7) is 5.96. The largest absolute Gasteiger partial charge is 0.341 e. The maximum Gasteiger partial charge on any atom is 0.121 e. The number of H-pyrrole nitrogens is 1. The molecule has 14 heavy (non-hydrogen) atoms. The van der Waals surface area contributed by atoms with Crippen LogP contribution >= 0.6 is 0 Å². The molecule has 0 spiro atoms. The molecular weight excluding hydrogens is 174 g/mol. The van der Waals surface area contributed by atoms with Crippen molar-refractivity contribution in [3.63, 3.8) is 0 Å². The van der Waals surface area contributed by atoms with E-state index in [9.17, 15) is 0 Å². The lowest BCUT2D eigenvalue weighted by Gasteiger charge is -1.94. The first-order valence-electron chi connectivity index (χ1n) is 4.95. The zero-order chi connectivity index (χ0) is 9.97. The molecule has 3 heteroatoms. The molecule has 1 aromatic carbocycles. The molecule has 2 N–H and O–H groups in total. The average Bonchev–Trinajstić information content (AvgIpc) is 2.56. The lowest BCUT2D eigenvalue weighted by atomic mass is 10.2. The van der Waals surface area contributed by atoms with Crippen LogP contribution < -0.4 is 5.32 Å². The second-order valence-electron chi connectivity index (χ2n) is 3.48. The van der Waals surface area contributed by atoms with Crippen molar-refractivity contribution >= 4 is 11.0 Å². The molecule has 2 aromatic rings. The van der Waals surface area contributed by atoms with Crippen molar-refractivity contribution in [1.29, 1.82) is 0 Å². The Balaban J connectivity index is 2.32. The van der Waals surface area contributed by atoms with E-state index in [1.807, 2.05) is 0 Å². The Morgan fingerprint density at radius 2 is 2.29 bits per heavy atom. The van der Waals surface area contributed by atoms with Crippen molar-refractivity contribution in [2.75, 3.05) is 6.54 Å². The monoisotopic (exact) mass is 189 g/mol. The minimum absolute atomic E-state index is 0.810. The maximum atomic E-state index is 4.47. The van der Waals surface area contributed by atoms with E-state index >= 15 is 0 Å². The molecule has 0 saturated carbocycles. The van der Waals surface area contributed by atoms with Gasteiger partial charge in [0.15, 0.2) is 0 Å². The van der Waals surface area contributed by atoms with Crippen molar-refractivity contribution < 1.29 is 0 Å². The van der Waals surface area contributed by atoms with Gasteiger partial charge in [-0.25, -0.2) is 4.98 Å². The molecule has 0 radical (unpaired) electrons. The highest BCUT2D eigenvalue weighted by Gasteiger charge is 2.01. The van der Waals surface area contributed by atoms with Gasteiger partial charge in [0.25, 0.3) is 0 Å². The number of aromatic amines is 1. The molecule has 3 nitrogen and oxygen atoms in total. The van der Waals surface area contributed by atoms with Crippen molar-refractivity contribution in [3.8, 4) is 0 Å². The third-order valence-electron chi connectivity index (χ3n) is 2.23. The van der Waals surface area contributed by atoms with Crippen LogP contribution in [0.2, 0.25) is 0 Å². The molecular formula is C11H15N3. The number of nitrogens with zero attached hydrogens (tertiary/aromatic N) is 1. The predicted molar refractivity (Wildman–Crippen MR) is 58.2 cm³/mol. The van der Waals surface area contributed by atoms with E-state index in [1.54, 1.807) is 0 Å². The number of rotatable bonds is 3. The molecule has 0 atom stereocenters. The van der Waals surface area contributed by atoms with Gasteiger partial charge in [-0.3, -0.25) is 0 Å². The van der Waals surface area contributed by atoms with E-state index in [-0.39, 0.29) is 0 Å². The van der Waals surface area contributed by atoms with Gasteiger partial charge in [0.05, 0.1) is 17.6 Å². The fourth-order valence-electron chi connectivity index (χ4n) is 1.50. The van der Waals surface area contributed by atoms with Gasteiger partial charge in [-0.2, -0.15) is 0 Å². The summed E-state index contributed by atoms with van der Waals surface area (Å²) < 4.78 is 0. The number of aromatic nitrogens is 2. The van der Waals surface area contributed by atoms with Gasteiger partial charge in [0, 0.05) is 0 Å². The molecule has 0 amide bonds. The summed E-state index contributed by atoms with van der Waals surface area (Å²) in [6.07, 6.45) is 0. The molecule has 0 aliphatic heterocycles. The Morgan fingerprint density at radius 1 is 1.43 bits per heavy atom. The summed E-state index contributed by atoms with van der Waals surface area (Å²) in [5.74, 6) is 1.01. The van der Waals surface area contributed by atoms with Gasteiger partial charge in [-0.1, -0.05) is 13.0 Å². The number of benzene rings is 1. The molecule has 0 fully saturated rings. The van der Waals surface area contributed by atoms with Crippen LogP contribution in [-0.2, 0) is 6.54 Å². The van der Waals surface area contributed by atoms with E-state index in [4.69, 9.17) is 0 Å². The molecule has 0 aliphatic carbocycles. The molecule has 0 saturated heterocycles. The molecule has 1 aromatic heterocycles. The normalized spacial score (nSPS) is 11.0. The van der Waals surface area contributed by atoms with Gasteiger partial charge >= 0.3 is 0 Å². The third kappa shape index (κ3) is 1.77. The first-order chi connectivity index (χ1) is 6.79. The average molecular weight is 189 g/mol. The summed E-state index contributed by atoms with van der Waals surface area (Å²) in [5, 5.41) is 3.25. The van der Waals surface area contributed by atoms with Crippen molar-refractivity contribution in [2.24, 2.45) is 0 Å². The van der Waals surface area contributed by atoms with Gasteiger partial charge in [-0.15, -0.1) is 0 Å². The second kappa shape index (κ2) is 3.80. The number of hydrogen-bond donors (Lipinski definition) is 2. The fourth-order valence-corrected chi connectivity index (χ4v) is 1.50. The summed E-state index contributed by atoms with van der Waals surface area (Å²) >= 11 is 0. The molecule has 0 unspecified atom stereocenters. The Kier molecular flexibility index (Phi) is 2.50.